The highest BCUT2D eigenvalue weighted by Gasteiger charge is 2.30. The molecule has 0 radical (unpaired) electrons. The first-order valence-corrected chi connectivity index (χ1v) is 14.0. The minimum atomic E-state index is -3.74. The van der Waals surface area contributed by atoms with E-state index in [4.69, 9.17) is 23.2 Å². The van der Waals surface area contributed by atoms with Crippen molar-refractivity contribution in [2.24, 2.45) is 0 Å². The van der Waals surface area contributed by atoms with Crippen molar-refractivity contribution in [2.45, 2.75) is 52.6 Å². The summed E-state index contributed by atoms with van der Waals surface area (Å²) >= 11 is 9.53. The molecule has 196 valence electrons. The third kappa shape index (κ3) is 29.6. The maximum Gasteiger partial charge on any atom is 0.322 e. The molecule has 0 aliphatic heterocycles. The number of nitrogens with zero attached hydrogens (tertiary/aromatic N) is 1. The molecule has 0 spiro atoms. The highest BCUT2D eigenvalue weighted by atomic mass is 35.7. The van der Waals surface area contributed by atoms with Gasteiger partial charge in [-0.15, -0.1) is 23.2 Å². The van der Waals surface area contributed by atoms with E-state index < -0.39 is 48.1 Å². The van der Waals surface area contributed by atoms with Gasteiger partial charge >= 0.3 is 11.9 Å². The Hall–Kier alpha value is -0.370. The number of ether oxygens (including phenoxy) is 2. The Morgan fingerprint density at radius 1 is 0.875 bits per heavy atom. The lowest BCUT2D eigenvalue weighted by Gasteiger charge is -2.30. The van der Waals surface area contributed by atoms with Crippen LogP contribution in [0, 0.1) is 0 Å². The molecule has 0 amide bonds. The second-order valence-electron chi connectivity index (χ2n) is 7.83. The second kappa shape index (κ2) is 18.0. The molecule has 0 aromatic carbocycles. The molecule has 0 saturated carbocycles. The molecule has 0 saturated heterocycles. The number of nitrogens with one attached hydrogen (secondary N) is 1. The Balaban J connectivity index is -0.000000186. The molecule has 0 bridgehead atoms. The summed E-state index contributed by atoms with van der Waals surface area (Å²) in [4.78, 5) is 21.0. The molecular weight excluding hydrogens is 531 g/mol. The Bertz CT molecular complexity index is 732. The van der Waals surface area contributed by atoms with Crippen LogP contribution in [-0.4, -0.2) is 89.3 Å². The van der Waals surface area contributed by atoms with Crippen molar-refractivity contribution in [2.75, 3.05) is 45.2 Å². The van der Waals surface area contributed by atoms with Gasteiger partial charge in [0.1, 0.15) is 0 Å². The predicted molar refractivity (Wildman–Crippen MR) is 130 cm³/mol. The summed E-state index contributed by atoms with van der Waals surface area (Å²) < 4.78 is 52.8. The highest BCUT2D eigenvalue weighted by Crippen LogP contribution is 2.15. The molecule has 0 fully saturated rings. The highest BCUT2D eigenvalue weighted by molar-refractivity contribution is 8.14. The fourth-order valence-corrected chi connectivity index (χ4v) is 3.03. The van der Waals surface area contributed by atoms with E-state index in [9.17, 15) is 26.4 Å². The molecule has 0 aliphatic rings. The van der Waals surface area contributed by atoms with Crippen LogP contribution in [0.1, 0.15) is 41.5 Å². The monoisotopic (exact) mass is 566 g/mol. The Morgan fingerprint density at radius 2 is 1.16 bits per heavy atom. The van der Waals surface area contributed by atoms with Crippen LogP contribution in [-0.2, 0) is 38.1 Å². The average molecular weight is 568 g/mol. The van der Waals surface area contributed by atoms with E-state index in [0.29, 0.717) is 5.54 Å². The van der Waals surface area contributed by atoms with Crippen LogP contribution in [0.3, 0.4) is 0 Å². The smallest absolute Gasteiger partial charge is 0.322 e. The molecule has 10 nitrogen and oxygen atoms in total. The van der Waals surface area contributed by atoms with Crippen LogP contribution in [0.25, 0.3) is 0 Å². The van der Waals surface area contributed by atoms with Gasteiger partial charge in [0.15, 0.2) is 11.5 Å². The first-order chi connectivity index (χ1) is 14.0. The van der Waals surface area contributed by atoms with E-state index in [1.54, 1.807) is 20.8 Å². The summed E-state index contributed by atoms with van der Waals surface area (Å²) in [6.07, 6.45) is 0. The topological polar surface area (TPSA) is 136 Å². The normalized spacial score (nSPS) is 11.6. The van der Waals surface area contributed by atoms with Crippen molar-refractivity contribution in [3.8, 4) is 0 Å². The van der Waals surface area contributed by atoms with Crippen molar-refractivity contribution >= 4 is 64.9 Å². The molecule has 1 N–H and O–H groups in total. The van der Waals surface area contributed by atoms with Crippen LogP contribution < -0.4 is 5.32 Å². The van der Waals surface area contributed by atoms with Crippen molar-refractivity contribution < 1.29 is 35.9 Å². The van der Waals surface area contributed by atoms with Gasteiger partial charge in [0.25, 0.3) is 0 Å². The van der Waals surface area contributed by atoms with E-state index in [2.05, 4.69) is 46.2 Å². The second-order valence-corrected chi connectivity index (χ2v) is 13.4. The quantitative estimate of drug-likeness (QED) is 0.301. The van der Waals surface area contributed by atoms with Gasteiger partial charge in [0.05, 0.1) is 19.6 Å². The Labute approximate surface area is 207 Å². The number of carbonyl (C=O) groups is 2. The fraction of sp³-hybridized carbons (Fsp3) is 0.882. The minimum Gasteiger partial charge on any atom is -0.468 e. The molecule has 15 heteroatoms. The zero-order valence-corrected chi connectivity index (χ0v) is 24.2. The maximum atomic E-state index is 11.6. The largest absolute Gasteiger partial charge is 0.468 e. The number of hydrogen-bond donors (Lipinski definition) is 1. The zero-order chi connectivity index (χ0) is 27.0. The number of carbonyl (C=O) groups excluding carboxylic acids is 2. The number of rotatable bonds is 5. The summed E-state index contributed by atoms with van der Waals surface area (Å²) in [5.74, 6) is -2.99. The molecule has 0 aromatic rings. The van der Waals surface area contributed by atoms with Crippen LogP contribution in [0.15, 0.2) is 0 Å². The molecular formula is C17H37Cl3N2O8S2. The fourth-order valence-electron chi connectivity index (χ4n) is 0.922. The van der Waals surface area contributed by atoms with Gasteiger partial charge in [-0.05, 0) is 48.6 Å². The van der Waals surface area contributed by atoms with Gasteiger partial charge in [-0.2, -0.15) is 4.31 Å². The third-order valence-corrected chi connectivity index (χ3v) is 6.05. The molecule has 0 aliphatic carbocycles. The standard InChI is InChI=1S/C8H17NO4S.C5H13N.C3H5ClO4S.CH2Cl2/c1-8(2,3)9(4)14(11,12)6-7(10)13-5;1-5(2,3)6-4;1-8-3(5)2-9(4,6)7;2-1-3/h6H2,1-5H3;6H,1-4H3;2H2,1H3;1H2. The lowest BCUT2D eigenvalue weighted by Crippen LogP contribution is -2.44. The lowest BCUT2D eigenvalue weighted by molar-refractivity contribution is -0.138. The molecule has 0 atom stereocenters. The van der Waals surface area contributed by atoms with Crippen LogP contribution in [0.4, 0.5) is 0 Å². The van der Waals surface area contributed by atoms with Crippen molar-refractivity contribution in [1.82, 2.24) is 9.62 Å². The number of halogens is 3. The number of hydrogen-bond acceptors (Lipinski definition) is 9. The van der Waals surface area contributed by atoms with Gasteiger partial charge in [-0.3, -0.25) is 9.59 Å². The lowest BCUT2D eigenvalue weighted by atomic mass is 10.1. The van der Waals surface area contributed by atoms with E-state index in [1.165, 1.54) is 7.05 Å². The van der Waals surface area contributed by atoms with Crippen molar-refractivity contribution in [1.29, 1.82) is 0 Å². The predicted octanol–water partition coefficient (Wildman–Crippen LogP) is 2.37. The SMILES string of the molecule is CNC(C)(C)C.COC(=O)CS(=O)(=O)Cl.COC(=O)CS(=O)(=O)N(C)C(C)(C)C.ClCCl. The summed E-state index contributed by atoms with van der Waals surface area (Å²) in [6, 6.07) is 0. The van der Waals surface area contributed by atoms with Gasteiger partial charge in [-0.1, -0.05) is 0 Å². The average Bonchev–Trinajstić information content (AvgIpc) is 2.59. The molecule has 32 heavy (non-hydrogen) atoms. The number of alkyl halides is 2. The number of sulfonamides is 1. The molecule has 0 rings (SSSR count). The van der Waals surface area contributed by atoms with E-state index in [0.717, 1.165) is 18.5 Å². The summed E-state index contributed by atoms with van der Waals surface area (Å²) in [7, 11) is 3.02. The molecule has 0 aromatic heterocycles. The van der Waals surface area contributed by atoms with E-state index in [-0.39, 0.29) is 5.34 Å². The first kappa shape index (κ1) is 38.9. The zero-order valence-electron chi connectivity index (χ0n) is 20.3. The first-order valence-electron chi connectivity index (χ1n) is 8.88. The number of esters is 2. The third-order valence-electron chi connectivity index (χ3n) is 3.16. The van der Waals surface area contributed by atoms with Gasteiger partial charge in [-0.25, -0.2) is 16.8 Å². The van der Waals surface area contributed by atoms with Crippen LogP contribution in [0.2, 0.25) is 0 Å². The molecule has 0 unspecified atom stereocenters. The van der Waals surface area contributed by atoms with Gasteiger partial charge in [0.2, 0.25) is 19.1 Å². The number of methoxy groups -OCH3 is 2. The Morgan fingerprint density at radius 3 is 1.31 bits per heavy atom. The van der Waals surface area contributed by atoms with Crippen molar-refractivity contribution in [3.05, 3.63) is 0 Å². The van der Waals surface area contributed by atoms with Crippen molar-refractivity contribution in [3.63, 3.8) is 0 Å². The van der Waals surface area contributed by atoms with E-state index >= 15 is 0 Å². The Kier molecular flexibility index (Phi) is 21.9. The van der Waals surface area contributed by atoms with E-state index in [1.807, 2.05) is 7.05 Å². The van der Waals surface area contributed by atoms with Gasteiger partial charge < -0.3 is 14.8 Å². The van der Waals surface area contributed by atoms with Crippen LogP contribution >= 0.6 is 33.9 Å². The summed E-state index contributed by atoms with van der Waals surface area (Å²) in [5.41, 5.74) is -0.243. The van der Waals surface area contributed by atoms with Crippen LogP contribution in [0.5, 0.6) is 0 Å². The molecule has 0 heterocycles. The maximum absolute atomic E-state index is 11.6. The minimum absolute atomic E-state index is 0.194. The summed E-state index contributed by atoms with van der Waals surface area (Å²) in [5, 5.41) is 3.30. The van der Waals surface area contributed by atoms with Gasteiger partial charge in [0, 0.05) is 28.8 Å². The summed E-state index contributed by atoms with van der Waals surface area (Å²) in [6.45, 7) is 11.7.